The summed E-state index contributed by atoms with van der Waals surface area (Å²) in [5.41, 5.74) is 1.98. The number of rotatable bonds is 4. The van der Waals surface area contributed by atoms with E-state index in [1.165, 1.54) is 14.2 Å². The smallest absolute Gasteiger partial charge is 0.338 e. The van der Waals surface area contributed by atoms with Crippen LogP contribution in [0.2, 0.25) is 0 Å². The first kappa shape index (κ1) is 17.0. The number of carbonyl (C=O) groups excluding carboxylic acids is 2. The Morgan fingerprint density at radius 2 is 1.83 bits per heavy atom. The van der Waals surface area contributed by atoms with Gasteiger partial charge in [0, 0.05) is 10.2 Å². The van der Waals surface area contributed by atoms with E-state index in [4.69, 9.17) is 9.47 Å². The van der Waals surface area contributed by atoms with E-state index < -0.39 is 5.97 Å². The zero-order chi connectivity index (χ0) is 17.0. The lowest BCUT2D eigenvalue weighted by Gasteiger charge is -2.13. The molecule has 2 aromatic rings. The van der Waals surface area contributed by atoms with Gasteiger partial charge in [0.1, 0.15) is 5.75 Å². The lowest BCUT2D eigenvalue weighted by Crippen LogP contribution is -2.15. The molecule has 0 aliphatic rings. The van der Waals surface area contributed by atoms with E-state index >= 15 is 0 Å². The van der Waals surface area contributed by atoms with Gasteiger partial charge in [0.15, 0.2) is 0 Å². The van der Waals surface area contributed by atoms with E-state index in [1.807, 2.05) is 0 Å². The summed E-state index contributed by atoms with van der Waals surface area (Å²) in [5.74, 6) is -0.306. The van der Waals surface area contributed by atoms with Crippen LogP contribution in [0.3, 0.4) is 0 Å². The van der Waals surface area contributed by atoms with Gasteiger partial charge in [-0.3, -0.25) is 4.79 Å². The second kappa shape index (κ2) is 7.28. The van der Waals surface area contributed by atoms with E-state index in [2.05, 4.69) is 21.2 Å². The Morgan fingerprint density at radius 1 is 1.09 bits per heavy atom. The summed E-state index contributed by atoms with van der Waals surface area (Å²) < 4.78 is 10.7. The van der Waals surface area contributed by atoms with Crippen LogP contribution < -0.4 is 10.1 Å². The Labute approximate surface area is 142 Å². The molecule has 0 heterocycles. The summed E-state index contributed by atoms with van der Waals surface area (Å²) in [6.45, 7) is 1.75. The van der Waals surface area contributed by atoms with E-state index in [1.54, 1.807) is 43.3 Å². The number of benzene rings is 2. The predicted octanol–water partition coefficient (Wildman–Crippen LogP) is 3.81. The molecule has 6 heteroatoms. The van der Waals surface area contributed by atoms with Crippen molar-refractivity contribution in [2.45, 2.75) is 6.92 Å². The first-order valence-corrected chi connectivity index (χ1v) is 7.60. The zero-order valence-corrected chi connectivity index (χ0v) is 14.6. The summed E-state index contributed by atoms with van der Waals surface area (Å²) in [4.78, 5) is 24.2. The molecular weight excluding hydrogens is 362 g/mol. The standard InChI is InChI=1S/C17H16BrNO4/c1-10-12(17(21)23-3)5-4-6-14(10)19-16(20)13-9-11(18)7-8-15(13)22-2/h4-9H,1-3H3,(H,19,20). The van der Waals surface area contributed by atoms with Crippen LogP contribution in [-0.4, -0.2) is 26.1 Å². The number of carbonyl (C=O) groups is 2. The van der Waals surface area contributed by atoms with Crippen molar-refractivity contribution in [3.05, 3.63) is 57.6 Å². The van der Waals surface area contributed by atoms with Crippen molar-refractivity contribution < 1.29 is 19.1 Å². The number of methoxy groups -OCH3 is 2. The van der Waals surface area contributed by atoms with E-state index in [0.29, 0.717) is 28.1 Å². The molecule has 0 aliphatic heterocycles. The van der Waals surface area contributed by atoms with Crippen LogP contribution in [0.15, 0.2) is 40.9 Å². The second-order valence-corrected chi connectivity index (χ2v) is 5.68. The average molecular weight is 378 g/mol. The average Bonchev–Trinajstić information content (AvgIpc) is 2.56. The van der Waals surface area contributed by atoms with E-state index in [-0.39, 0.29) is 5.91 Å². The molecule has 0 saturated carbocycles. The SMILES string of the molecule is COC(=O)c1cccc(NC(=O)c2cc(Br)ccc2OC)c1C. The molecule has 1 amide bonds. The lowest BCUT2D eigenvalue weighted by atomic mass is 10.1. The van der Waals surface area contributed by atoms with E-state index in [9.17, 15) is 9.59 Å². The van der Waals surface area contributed by atoms with Crippen molar-refractivity contribution in [2.24, 2.45) is 0 Å². The van der Waals surface area contributed by atoms with Gasteiger partial charge >= 0.3 is 5.97 Å². The molecule has 0 spiro atoms. The molecular formula is C17H16BrNO4. The van der Waals surface area contributed by atoms with Gasteiger partial charge < -0.3 is 14.8 Å². The maximum absolute atomic E-state index is 12.5. The molecule has 0 unspecified atom stereocenters. The topological polar surface area (TPSA) is 64.6 Å². The second-order valence-electron chi connectivity index (χ2n) is 4.77. The number of ether oxygens (including phenoxy) is 2. The molecule has 0 aliphatic carbocycles. The minimum absolute atomic E-state index is 0.326. The van der Waals surface area contributed by atoms with Gasteiger partial charge in [0.2, 0.25) is 0 Å². The molecule has 2 aromatic carbocycles. The fraction of sp³-hybridized carbons (Fsp3) is 0.176. The minimum atomic E-state index is -0.446. The van der Waals surface area contributed by atoms with Crippen LogP contribution in [0.4, 0.5) is 5.69 Å². The number of halogens is 1. The fourth-order valence-corrected chi connectivity index (χ4v) is 2.51. The summed E-state index contributed by atoms with van der Waals surface area (Å²) in [6, 6.07) is 10.2. The van der Waals surface area contributed by atoms with Crippen molar-refractivity contribution in [3.63, 3.8) is 0 Å². The number of amides is 1. The third-order valence-electron chi connectivity index (χ3n) is 3.39. The Kier molecular flexibility index (Phi) is 5.39. The third-order valence-corrected chi connectivity index (χ3v) is 3.89. The monoisotopic (exact) mass is 377 g/mol. The molecule has 2 rings (SSSR count). The van der Waals surface area contributed by atoms with Gasteiger partial charge in [0.05, 0.1) is 25.3 Å². The number of hydrogen-bond acceptors (Lipinski definition) is 4. The number of hydrogen-bond donors (Lipinski definition) is 1. The van der Waals surface area contributed by atoms with Gasteiger partial charge in [-0.1, -0.05) is 22.0 Å². The largest absolute Gasteiger partial charge is 0.496 e. The summed E-state index contributed by atoms with van der Waals surface area (Å²) >= 11 is 3.34. The quantitative estimate of drug-likeness (QED) is 0.822. The van der Waals surface area contributed by atoms with Crippen LogP contribution in [0, 0.1) is 6.92 Å². The van der Waals surface area contributed by atoms with Gasteiger partial charge in [-0.2, -0.15) is 0 Å². The molecule has 0 saturated heterocycles. The van der Waals surface area contributed by atoms with Crippen molar-refractivity contribution in [1.29, 1.82) is 0 Å². The minimum Gasteiger partial charge on any atom is -0.496 e. The van der Waals surface area contributed by atoms with Crippen LogP contribution >= 0.6 is 15.9 Å². The highest BCUT2D eigenvalue weighted by molar-refractivity contribution is 9.10. The fourth-order valence-electron chi connectivity index (χ4n) is 2.15. The molecule has 120 valence electrons. The summed E-state index contributed by atoms with van der Waals surface area (Å²) in [7, 11) is 2.82. The Bertz CT molecular complexity index is 758. The summed E-state index contributed by atoms with van der Waals surface area (Å²) in [6.07, 6.45) is 0. The van der Waals surface area contributed by atoms with Crippen molar-refractivity contribution in [3.8, 4) is 5.75 Å². The van der Waals surface area contributed by atoms with E-state index in [0.717, 1.165) is 4.47 Å². The van der Waals surface area contributed by atoms with Crippen molar-refractivity contribution in [1.82, 2.24) is 0 Å². The number of anilines is 1. The Hall–Kier alpha value is -2.34. The zero-order valence-electron chi connectivity index (χ0n) is 13.0. The Morgan fingerprint density at radius 3 is 2.48 bits per heavy atom. The van der Waals surface area contributed by atoms with Gasteiger partial charge in [-0.05, 0) is 42.8 Å². The highest BCUT2D eigenvalue weighted by Crippen LogP contribution is 2.25. The lowest BCUT2D eigenvalue weighted by molar-refractivity contribution is 0.0599. The molecule has 1 N–H and O–H groups in total. The van der Waals surface area contributed by atoms with Gasteiger partial charge in [-0.25, -0.2) is 4.79 Å². The first-order valence-electron chi connectivity index (χ1n) is 6.80. The molecule has 0 fully saturated rings. The Balaban J connectivity index is 2.35. The highest BCUT2D eigenvalue weighted by Gasteiger charge is 2.16. The van der Waals surface area contributed by atoms with Crippen molar-refractivity contribution in [2.75, 3.05) is 19.5 Å². The maximum Gasteiger partial charge on any atom is 0.338 e. The molecule has 0 atom stereocenters. The normalized spacial score (nSPS) is 10.1. The van der Waals surface area contributed by atoms with Crippen LogP contribution in [0.1, 0.15) is 26.3 Å². The van der Waals surface area contributed by atoms with Crippen molar-refractivity contribution >= 4 is 33.5 Å². The molecule has 5 nitrogen and oxygen atoms in total. The molecule has 0 aromatic heterocycles. The summed E-state index contributed by atoms with van der Waals surface area (Å²) in [5, 5.41) is 2.80. The molecule has 0 radical (unpaired) electrons. The number of nitrogens with one attached hydrogen (secondary N) is 1. The van der Waals surface area contributed by atoms with Gasteiger partial charge in [0.25, 0.3) is 5.91 Å². The van der Waals surface area contributed by atoms with Crippen LogP contribution in [0.25, 0.3) is 0 Å². The number of esters is 1. The highest BCUT2D eigenvalue weighted by atomic mass is 79.9. The van der Waals surface area contributed by atoms with Crippen LogP contribution in [0.5, 0.6) is 5.75 Å². The van der Waals surface area contributed by atoms with Crippen LogP contribution in [-0.2, 0) is 4.74 Å². The predicted molar refractivity (Wildman–Crippen MR) is 91.2 cm³/mol. The first-order chi connectivity index (χ1) is 11.0. The molecule has 0 bridgehead atoms. The third kappa shape index (κ3) is 3.71. The maximum atomic E-state index is 12.5. The van der Waals surface area contributed by atoms with Gasteiger partial charge in [-0.15, -0.1) is 0 Å². The molecule has 23 heavy (non-hydrogen) atoms.